The van der Waals surface area contributed by atoms with E-state index >= 15 is 0 Å². The van der Waals surface area contributed by atoms with Crippen molar-refractivity contribution in [3.63, 3.8) is 0 Å². The van der Waals surface area contributed by atoms with Gasteiger partial charge in [-0.15, -0.1) is 0 Å². The van der Waals surface area contributed by atoms with Gasteiger partial charge in [-0.2, -0.15) is 0 Å². The van der Waals surface area contributed by atoms with E-state index in [-0.39, 0.29) is 25.0 Å². The summed E-state index contributed by atoms with van der Waals surface area (Å²) in [4.78, 5) is 27.2. The maximum absolute atomic E-state index is 12.3. The SMILES string of the molecule is NCC(=O)N1CCN(C(=O)COc2ccc3ccccc3c2)CC1. The molecular formula is C18H21N3O3. The fourth-order valence-corrected chi connectivity index (χ4v) is 2.83. The molecule has 0 aliphatic carbocycles. The van der Waals surface area contributed by atoms with Crippen LogP contribution in [0.2, 0.25) is 0 Å². The van der Waals surface area contributed by atoms with Crippen LogP contribution in [0, 0.1) is 0 Å². The van der Waals surface area contributed by atoms with Crippen LogP contribution in [0.15, 0.2) is 42.5 Å². The van der Waals surface area contributed by atoms with Crippen LogP contribution in [-0.4, -0.2) is 60.9 Å². The molecule has 2 N–H and O–H groups in total. The molecule has 1 fully saturated rings. The van der Waals surface area contributed by atoms with Crippen LogP contribution in [0.5, 0.6) is 5.75 Å². The number of rotatable bonds is 4. The summed E-state index contributed by atoms with van der Waals surface area (Å²) in [7, 11) is 0. The molecular weight excluding hydrogens is 306 g/mol. The number of nitrogens with two attached hydrogens (primary N) is 1. The third-order valence-corrected chi connectivity index (χ3v) is 4.24. The van der Waals surface area contributed by atoms with Crippen molar-refractivity contribution in [1.82, 2.24) is 9.80 Å². The van der Waals surface area contributed by atoms with Crippen molar-refractivity contribution in [2.75, 3.05) is 39.3 Å². The number of hydrogen-bond donors (Lipinski definition) is 1. The van der Waals surface area contributed by atoms with Crippen LogP contribution in [0.4, 0.5) is 0 Å². The molecule has 6 nitrogen and oxygen atoms in total. The lowest BCUT2D eigenvalue weighted by Crippen LogP contribution is -2.52. The molecule has 0 atom stereocenters. The molecule has 0 spiro atoms. The molecule has 1 aliphatic rings. The molecule has 1 saturated heterocycles. The molecule has 2 aromatic rings. The Bertz CT molecular complexity index is 739. The highest BCUT2D eigenvalue weighted by molar-refractivity contribution is 5.84. The minimum atomic E-state index is -0.0745. The number of carbonyl (C=O) groups excluding carboxylic acids is 2. The highest BCUT2D eigenvalue weighted by Crippen LogP contribution is 2.20. The highest BCUT2D eigenvalue weighted by Gasteiger charge is 2.23. The zero-order valence-corrected chi connectivity index (χ0v) is 13.5. The van der Waals surface area contributed by atoms with Gasteiger partial charge in [0.2, 0.25) is 5.91 Å². The molecule has 0 saturated carbocycles. The number of nitrogens with zero attached hydrogens (tertiary/aromatic N) is 2. The smallest absolute Gasteiger partial charge is 0.260 e. The van der Waals surface area contributed by atoms with Crippen molar-refractivity contribution in [3.05, 3.63) is 42.5 Å². The Morgan fingerprint density at radius 2 is 1.54 bits per heavy atom. The summed E-state index contributed by atoms with van der Waals surface area (Å²) >= 11 is 0. The van der Waals surface area contributed by atoms with Gasteiger partial charge < -0.3 is 20.3 Å². The number of carbonyl (C=O) groups is 2. The molecule has 1 aliphatic heterocycles. The molecule has 6 heteroatoms. The fourth-order valence-electron chi connectivity index (χ4n) is 2.83. The first kappa shape index (κ1) is 16.3. The molecule has 2 amide bonds. The first-order chi connectivity index (χ1) is 11.7. The van der Waals surface area contributed by atoms with Gasteiger partial charge in [-0.1, -0.05) is 30.3 Å². The zero-order valence-electron chi connectivity index (χ0n) is 13.5. The number of piperazine rings is 1. The van der Waals surface area contributed by atoms with E-state index in [2.05, 4.69) is 0 Å². The van der Waals surface area contributed by atoms with Crippen molar-refractivity contribution >= 4 is 22.6 Å². The second kappa shape index (κ2) is 7.31. The van der Waals surface area contributed by atoms with Crippen molar-refractivity contribution in [1.29, 1.82) is 0 Å². The number of benzene rings is 2. The second-order valence-corrected chi connectivity index (χ2v) is 5.76. The zero-order chi connectivity index (χ0) is 16.9. The van der Waals surface area contributed by atoms with E-state index in [1.54, 1.807) is 9.80 Å². The highest BCUT2D eigenvalue weighted by atomic mass is 16.5. The normalized spacial score (nSPS) is 14.7. The average molecular weight is 327 g/mol. The van der Waals surface area contributed by atoms with E-state index in [9.17, 15) is 9.59 Å². The van der Waals surface area contributed by atoms with Crippen molar-refractivity contribution in [3.8, 4) is 5.75 Å². The Hall–Kier alpha value is -2.60. The van der Waals surface area contributed by atoms with Crippen molar-refractivity contribution in [2.45, 2.75) is 0 Å². The molecule has 0 unspecified atom stereocenters. The van der Waals surface area contributed by atoms with Gasteiger partial charge in [0.1, 0.15) is 5.75 Å². The first-order valence-corrected chi connectivity index (χ1v) is 8.04. The number of amides is 2. The third kappa shape index (κ3) is 3.65. The Balaban J connectivity index is 1.53. The summed E-state index contributed by atoms with van der Waals surface area (Å²) in [5.41, 5.74) is 5.36. The maximum atomic E-state index is 12.3. The third-order valence-electron chi connectivity index (χ3n) is 4.24. The quantitative estimate of drug-likeness (QED) is 0.903. The van der Waals surface area contributed by atoms with E-state index < -0.39 is 0 Å². The van der Waals surface area contributed by atoms with Gasteiger partial charge in [0.25, 0.3) is 5.91 Å². The van der Waals surface area contributed by atoms with Crippen LogP contribution in [0.25, 0.3) is 10.8 Å². The molecule has 0 radical (unpaired) electrons. The monoisotopic (exact) mass is 327 g/mol. The van der Waals surface area contributed by atoms with Crippen molar-refractivity contribution < 1.29 is 14.3 Å². The van der Waals surface area contributed by atoms with E-state index in [0.717, 1.165) is 10.8 Å². The molecule has 24 heavy (non-hydrogen) atoms. The average Bonchev–Trinajstić information content (AvgIpc) is 2.65. The van der Waals surface area contributed by atoms with Gasteiger partial charge >= 0.3 is 0 Å². The van der Waals surface area contributed by atoms with Gasteiger partial charge in [-0.05, 0) is 22.9 Å². The predicted octanol–water partition coefficient (Wildman–Crippen LogP) is 0.848. The Morgan fingerprint density at radius 1 is 0.917 bits per heavy atom. The lowest BCUT2D eigenvalue weighted by Gasteiger charge is -2.34. The van der Waals surface area contributed by atoms with Crippen molar-refractivity contribution in [2.24, 2.45) is 5.73 Å². The second-order valence-electron chi connectivity index (χ2n) is 5.76. The molecule has 2 aromatic carbocycles. The van der Waals surface area contributed by atoms with Crippen LogP contribution >= 0.6 is 0 Å². The maximum Gasteiger partial charge on any atom is 0.260 e. The molecule has 1 heterocycles. The molecule has 0 bridgehead atoms. The van der Waals surface area contributed by atoms with E-state index in [1.807, 2.05) is 42.5 Å². The topological polar surface area (TPSA) is 75.9 Å². The summed E-state index contributed by atoms with van der Waals surface area (Å²) < 4.78 is 5.63. The molecule has 126 valence electrons. The van der Waals surface area contributed by atoms with Crippen LogP contribution < -0.4 is 10.5 Å². The lowest BCUT2D eigenvalue weighted by atomic mass is 10.1. The van der Waals surface area contributed by atoms with Crippen LogP contribution in [-0.2, 0) is 9.59 Å². The molecule has 0 aromatic heterocycles. The van der Waals surface area contributed by atoms with E-state index in [1.165, 1.54) is 0 Å². The van der Waals surface area contributed by atoms with Gasteiger partial charge in [0.05, 0.1) is 6.54 Å². The van der Waals surface area contributed by atoms with Crippen LogP contribution in [0.3, 0.4) is 0 Å². The largest absolute Gasteiger partial charge is 0.484 e. The van der Waals surface area contributed by atoms with Gasteiger partial charge in [-0.25, -0.2) is 0 Å². The minimum Gasteiger partial charge on any atom is -0.484 e. The Morgan fingerprint density at radius 3 is 2.21 bits per heavy atom. The van der Waals surface area contributed by atoms with Crippen LogP contribution in [0.1, 0.15) is 0 Å². The number of ether oxygens (including phenoxy) is 1. The Kier molecular flexibility index (Phi) is 4.96. The summed E-state index contributed by atoms with van der Waals surface area (Å²) in [6.45, 7) is 2.11. The van der Waals surface area contributed by atoms with Gasteiger partial charge in [-0.3, -0.25) is 9.59 Å². The summed E-state index contributed by atoms with van der Waals surface area (Å²) in [5.74, 6) is 0.538. The standard InChI is InChI=1S/C18H21N3O3/c19-12-17(22)20-7-9-21(10-8-20)18(23)13-24-16-6-5-14-3-1-2-4-15(14)11-16/h1-6,11H,7-10,12-13,19H2. The number of hydrogen-bond acceptors (Lipinski definition) is 4. The first-order valence-electron chi connectivity index (χ1n) is 8.04. The fraction of sp³-hybridized carbons (Fsp3) is 0.333. The molecule has 3 rings (SSSR count). The Labute approximate surface area is 140 Å². The van der Waals surface area contributed by atoms with Gasteiger partial charge in [0.15, 0.2) is 6.61 Å². The van der Waals surface area contributed by atoms with E-state index in [4.69, 9.17) is 10.5 Å². The number of fused-ring (bicyclic) bond motifs is 1. The minimum absolute atomic E-state index is 0.00315. The van der Waals surface area contributed by atoms with E-state index in [0.29, 0.717) is 31.9 Å². The van der Waals surface area contributed by atoms with Gasteiger partial charge in [0, 0.05) is 26.2 Å². The summed E-state index contributed by atoms with van der Waals surface area (Å²) in [6, 6.07) is 13.8. The summed E-state index contributed by atoms with van der Waals surface area (Å²) in [6.07, 6.45) is 0. The summed E-state index contributed by atoms with van der Waals surface area (Å²) in [5, 5.41) is 2.22. The lowest BCUT2D eigenvalue weighted by molar-refractivity contribution is -0.140. The predicted molar refractivity (Wildman–Crippen MR) is 91.7 cm³/mol.